The van der Waals surface area contributed by atoms with Gasteiger partial charge in [0.15, 0.2) is 0 Å². The van der Waals surface area contributed by atoms with Gasteiger partial charge >= 0.3 is 0 Å². The van der Waals surface area contributed by atoms with E-state index in [9.17, 15) is 4.39 Å². The number of rotatable bonds is 8. The van der Waals surface area contributed by atoms with E-state index < -0.39 is 0 Å². The van der Waals surface area contributed by atoms with Crippen LogP contribution < -0.4 is 5.73 Å². The molecule has 0 amide bonds. The summed E-state index contributed by atoms with van der Waals surface area (Å²) in [6.07, 6.45) is 0. The van der Waals surface area contributed by atoms with Gasteiger partial charge in [0.05, 0.1) is 0 Å². The van der Waals surface area contributed by atoms with Crippen molar-refractivity contribution in [3.63, 3.8) is 0 Å². The fourth-order valence-electron chi connectivity index (χ4n) is 2.05. The van der Waals surface area contributed by atoms with Crippen LogP contribution in [0.2, 0.25) is 0 Å². The van der Waals surface area contributed by atoms with Gasteiger partial charge in [-0.1, -0.05) is 26.0 Å². The molecular weight excluding hydrogens is 259 g/mol. The van der Waals surface area contributed by atoms with Crippen LogP contribution in [0.25, 0.3) is 0 Å². The predicted molar refractivity (Wildman–Crippen MR) is 83.0 cm³/mol. The highest BCUT2D eigenvalue weighted by molar-refractivity contribution is 7.99. The first-order chi connectivity index (χ1) is 9.08. The molecule has 2 atom stereocenters. The van der Waals surface area contributed by atoms with Crippen molar-refractivity contribution in [3.05, 3.63) is 35.6 Å². The Bertz CT molecular complexity index is 350. The highest BCUT2D eigenvalue weighted by Gasteiger charge is 2.17. The molecule has 2 unspecified atom stereocenters. The van der Waals surface area contributed by atoms with Crippen molar-refractivity contribution >= 4 is 11.8 Å². The zero-order valence-corrected chi connectivity index (χ0v) is 12.9. The zero-order valence-electron chi connectivity index (χ0n) is 12.1. The van der Waals surface area contributed by atoms with E-state index in [2.05, 4.69) is 18.7 Å². The maximum absolute atomic E-state index is 13.0. The van der Waals surface area contributed by atoms with Crippen LogP contribution in [0.3, 0.4) is 0 Å². The van der Waals surface area contributed by atoms with E-state index in [1.165, 1.54) is 12.1 Å². The number of thioether (sulfide) groups is 1. The van der Waals surface area contributed by atoms with Crippen LogP contribution in [0.4, 0.5) is 4.39 Å². The SMILES string of the molecule is CCN(CC)CCSC(c1ccc(F)cc1)C(C)N. The largest absolute Gasteiger partial charge is 0.327 e. The molecule has 1 aromatic carbocycles. The maximum Gasteiger partial charge on any atom is 0.123 e. The van der Waals surface area contributed by atoms with E-state index in [1.807, 2.05) is 30.8 Å². The highest BCUT2D eigenvalue weighted by Crippen LogP contribution is 2.31. The van der Waals surface area contributed by atoms with Gasteiger partial charge in [-0.2, -0.15) is 11.8 Å². The van der Waals surface area contributed by atoms with Crippen molar-refractivity contribution in [1.82, 2.24) is 4.90 Å². The second-order valence-corrected chi connectivity index (χ2v) is 5.98. The zero-order chi connectivity index (χ0) is 14.3. The molecule has 0 bridgehead atoms. The molecule has 1 aromatic rings. The first-order valence-corrected chi connectivity index (χ1v) is 7.98. The van der Waals surface area contributed by atoms with Gasteiger partial charge in [0, 0.05) is 23.6 Å². The van der Waals surface area contributed by atoms with Gasteiger partial charge in [-0.25, -0.2) is 4.39 Å². The Morgan fingerprint density at radius 3 is 2.26 bits per heavy atom. The minimum atomic E-state index is -0.194. The summed E-state index contributed by atoms with van der Waals surface area (Å²) < 4.78 is 13.0. The Morgan fingerprint density at radius 2 is 1.79 bits per heavy atom. The van der Waals surface area contributed by atoms with E-state index in [-0.39, 0.29) is 17.1 Å². The quantitative estimate of drug-likeness (QED) is 0.794. The summed E-state index contributed by atoms with van der Waals surface area (Å²) in [5.41, 5.74) is 7.17. The smallest absolute Gasteiger partial charge is 0.123 e. The molecule has 0 saturated carbocycles. The predicted octanol–water partition coefficient (Wildman–Crippen LogP) is 3.29. The Balaban J connectivity index is 2.56. The normalized spacial score (nSPS) is 14.6. The number of nitrogens with two attached hydrogens (primary N) is 1. The fourth-order valence-corrected chi connectivity index (χ4v) is 3.32. The standard InChI is InChI=1S/C15H25FN2S/c1-4-18(5-2)10-11-19-15(12(3)17)13-6-8-14(16)9-7-13/h6-9,12,15H,4-5,10-11,17H2,1-3H3. The summed E-state index contributed by atoms with van der Waals surface area (Å²) in [5, 5.41) is 0.233. The summed E-state index contributed by atoms with van der Waals surface area (Å²) >= 11 is 1.86. The topological polar surface area (TPSA) is 29.3 Å². The molecule has 0 fully saturated rings. The van der Waals surface area contributed by atoms with Gasteiger partial charge in [-0.05, 0) is 37.7 Å². The Hall–Kier alpha value is -0.580. The molecule has 0 aliphatic carbocycles. The molecule has 0 aromatic heterocycles. The first-order valence-electron chi connectivity index (χ1n) is 6.93. The molecule has 0 spiro atoms. The Kier molecular flexibility index (Phi) is 7.42. The molecule has 2 N–H and O–H groups in total. The summed E-state index contributed by atoms with van der Waals surface area (Å²) in [4.78, 5) is 2.40. The summed E-state index contributed by atoms with van der Waals surface area (Å²) in [5.74, 6) is 0.853. The van der Waals surface area contributed by atoms with Crippen molar-refractivity contribution in [1.29, 1.82) is 0 Å². The van der Waals surface area contributed by atoms with Crippen LogP contribution in [0, 0.1) is 5.82 Å². The van der Waals surface area contributed by atoms with Crippen LogP contribution >= 0.6 is 11.8 Å². The van der Waals surface area contributed by atoms with E-state index in [0.717, 1.165) is 31.0 Å². The van der Waals surface area contributed by atoms with E-state index in [4.69, 9.17) is 5.73 Å². The van der Waals surface area contributed by atoms with E-state index >= 15 is 0 Å². The van der Waals surface area contributed by atoms with E-state index in [1.54, 1.807) is 0 Å². The van der Waals surface area contributed by atoms with Gasteiger partial charge in [-0.3, -0.25) is 0 Å². The minimum absolute atomic E-state index is 0.0622. The Labute approximate surface area is 120 Å². The monoisotopic (exact) mass is 284 g/mol. The molecule has 2 nitrogen and oxygen atoms in total. The molecule has 0 radical (unpaired) electrons. The van der Waals surface area contributed by atoms with Crippen molar-refractivity contribution in [2.45, 2.75) is 32.1 Å². The summed E-state index contributed by atoms with van der Waals surface area (Å²) in [7, 11) is 0. The number of nitrogens with zero attached hydrogens (tertiary/aromatic N) is 1. The van der Waals surface area contributed by atoms with Crippen LogP contribution in [0.5, 0.6) is 0 Å². The van der Waals surface area contributed by atoms with Crippen LogP contribution in [-0.4, -0.2) is 36.3 Å². The highest BCUT2D eigenvalue weighted by atomic mass is 32.2. The number of halogens is 1. The summed E-state index contributed by atoms with van der Waals surface area (Å²) in [6.45, 7) is 9.60. The van der Waals surface area contributed by atoms with Gasteiger partial charge in [0.25, 0.3) is 0 Å². The second-order valence-electron chi connectivity index (χ2n) is 4.73. The molecule has 108 valence electrons. The molecule has 0 heterocycles. The molecule has 1 rings (SSSR count). The maximum atomic E-state index is 13.0. The molecule has 19 heavy (non-hydrogen) atoms. The average molecular weight is 284 g/mol. The molecule has 0 aliphatic rings. The molecule has 4 heteroatoms. The lowest BCUT2D eigenvalue weighted by Gasteiger charge is -2.23. The van der Waals surface area contributed by atoms with Gasteiger partial charge in [0.2, 0.25) is 0 Å². The third-order valence-corrected chi connectivity index (χ3v) is 4.75. The number of benzene rings is 1. The minimum Gasteiger partial charge on any atom is -0.327 e. The average Bonchev–Trinajstić information content (AvgIpc) is 2.40. The van der Waals surface area contributed by atoms with Crippen LogP contribution in [-0.2, 0) is 0 Å². The lowest BCUT2D eigenvalue weighted by molar-refractivity contribution is 0.323. The van der Waals surface area contributed by atoms with E-state index in [0.29, 0.717) is 0 Å². The Morgan fingerprint density at radius 1 is 1.21 bits per heavy atom. The lowest BCUT2D eigenvalue weighted by Crippen LogP contribution is -2.27. The van der Waals surface area contributed by atoms with Crippen LogP contribution in [0.15, 0.2) is 24.3 Å². The first kappa shape index (κ1) is 16.5. The number of hydrogen-bond donors (Lipinski definition) is 1. The third-order valence-electron chi connectivity index (χ3n) is 3.28. The van der Waals surface area contributed by atoms with Crippen molar-refractivity contribution in [3.8, 4) is 0 Å². The molecular formula is C15H25FN2S. The van der Waals surface area contributed by atoms with Gasteiger partial charge in [0.1, 0.15) is 5.82 Å². The fraction of sp³-hybridized carbons (Fsp3) is 0.600. The van der Waals surface area contributed by atoms with Gasteiger partial charge < -0.3 is 10.6 Å². The second kappa shape index (κ2) is 8.56. The molecule has 0 saturated heterocycles. The summed E-state index contributed by atoms with van der Waals surface area (Å²) in [6, 6.07) is 6.76. The molecule has 0 aliphatic heterocycles. The van der Waals surface area contributed by atoms with Crippen molar-refractivity contribution in [2.24, 2.45) is 5.73 Å². The number of hydrogen-bond acceptors (Lipinski definition) is 3. The lowest BCUT2D eigenvalue weighted by atomic mass is 10.1. The third kappa shape index (κ3) is 5.51. The van der Waals surface area contributed by atoms with Gasteiger partial charge in [-0.15, -0.1) is 0 Å². The van der Waals surface area contributed by atoms with Crippen molar-refractivity contribution in [2.75, 3.05) is 25.4 Å². The van der Waals surface area contributed by atoms with Crippen LogP contribution in [0.1, 0.15) is 31.6 Å². The van der Waals surface area contributed by atoms with Crippen molar-refractivity contribution < 1.29 is 4.39 Å².